The molecule has 0 spiro atoms. The molecular formula is C17H21N3O2S. The van der Waals surface area contributed by atoms with Crippen molar-refractivity contribution < 1.29 is 9.59 Å². The van der Waals surface area contributed by atoms with Gasteiger partial charge in [0.25, 0.3) is 0 Å². The van der Waals surface area contributed by atoms with E-state index in [9.17, 15) is 9.59 Å². The Morgan fingerprint density at radius 3 is 2.57 bits per heavy atom. The van der Waals surface area contributed by atoms with Gasteiger partial charge in [-0.15, -0.1) is 10.2 Å². The van der Waals surface area contributed by atoms with E-state index in [-0.39, 0.29) is 30.4 Å². The molecule has 0 bridgehead atoms. The van der Waals surface area contributed by atoms with Crippen LogP contribution < -0.4 is 5.32 Å². The first-order valence-electron chi connectivity index (χ1n) is 7.60. The molecule has 0 radical (unpaired) electrons. The summed E-state index contributed by atoms with van der Waals surface area (Å²) in [7, 11) is 0. The second-order valence-corrected chi connectivity index (χ2v) is 6.90. The van der Waals surface area contributed by atoms with Crippen molar-refractivity contribution in [1.29, 1.82) is 0 Å². The van der Waals surface area contributed by atoms with Crippen molar-refractivity contribution in [3.05, 3.63) is 39.9 Å². The topological polar surface area (TPSA) is 72.0 Å². The van der Waals surface area contributed by atoms with Crippen molar-refractivity contribution in [2.24, 2.45) is 0 Å². The van der Waals surface area contributed by atoms with Crippen molar-refractivity contribution >= 4 is 28.2 Å². The Kier molecular flexibility index (Phi) is 5.60. The van der Waals surface area contributed by atoms with Gasteiger partial charge < -0.3 is 5.32 Å². The van der Waals surface area contributed by atoms with Gasteiger partial charge >= 0.3 is 0 Å². The fourth-order valence-corrected chi connectivity index (χ4v) is 2.86. The number of carbonyl (C=O) groups excluding carboxylic acids is 2. The number of carbonyl (C=O) groups is 2. The number of hydrogen-bond acceptors (Lipinski definition) is 5. The lowest BCUT2D eigenvalue weighted by molar-refractivity contribution is -0.116. The van der Waals surface area contributed by atoms with Crippen LogP contribution in [0.5, 0.6) is 0 Å². The first-order chi connectivity index (χ1) is 10.9. The van der Waals surface area contributed by atoms with Gasteiger partial charge in [0.1, 0.15) is 5.01 Å². The predicted molar refractivity (Wildman–Crippen MR) is 92.1 cm³/mol. The third-order valence-corrected chi connectivity index (χ3v) is 4.59. The van der Waals surface area contributed by atoms with Crippen LogP contribution in [0.15, 0.2) is 18.2 Å². The maximum Gasteiger partial charge on any atom is 0.226 e. The average molecular weight is 331 g/mol. The number of benzene rings is 1. The molecule has 0 aliphatic heterocycles. The number of aromatic nitrogens is 2. The SMILES string of the molecule is Cc1ccc(C)c(C(=O)CCC(=O)Nc2nnc(C(C)C)s2)c1. The first-order valence-corrected chi connectivity index (χ1v) is 8.42. The normalized spacial score (nSPS) is 10.8. The molecule has 0 saturated carbocycles. The molecule has 0 atom stereocenters. The second-order valence-electron chi connectivity index (χ2n) is 5.89. The Hall–Kier alpha value is -2.08. The van der Waals surface area contributed by atoms with Crippen molar-refractivity contribution in [2.45, 2.75) is 46.5 Å². The molecule has 2 rings (SSSR count). The molecular weight excluding hydrogens is 310 g/mol. The van der Waals surface area contributed by atoms with Crippen LogP contribution in [0.2, 0.25) is 0 Å². The molecule has 0 aliphatic rings. The number of ketones is 1. The predicted octanol–water partition coefficient (Wildman–Crippen LogP) is 3.88. The van der Waals surface area contributed by atoms with Crippen molar-refractivity contribution in [2.75, 3.05) is 5.32 Å². The molecule has 1 amide bonds. The standard InChI is InChI=1S/C17H21N3O2S/c1-10(2)16-19-20-17(23-16)18-15(22)8-7-14(21)13-9-11(3)5-6-12(13)4/h5-6,9-10H,7-8H2,1-4H3,(H,18,20,22). The molecule has 1 aromatic carbocycles. The number of rotatable bonds is 6. The molecule has 1 heterocycles. The third kappa shape index (κ3) is 4.69. The zero-order valence-electron chi connectivity index (χ0n) is 13.8. The Bertz CT molecular complexity index is 722. The molecule has 0 aliphatic carbocycles. The number of nitrogens with one attached hydrogen (secondary N) is 1. The maximum absolute atomic E-state index is 12.3. The minimum Gasteiger partial charge on any atom is -0.301 e. The van der Waals surface area contributed by atoms with Gasteiger partial charge in [0, 0.05) is 24.3 Å². The number of hydrogen-bond donors (Lipinski definition) is 1. The van der Waals surface area contributed by atoms with E-state index in [1.807, 2.05) is 45.9 Å². The molecule has 23 heavy (non-hydrogen) atoms. The van der Waals surface area contributed by atoms with Gasteiger partial charge in [-0.05, 0) is 25.5 Å². The summed E-state index contributed by atoms with van der Waals surface area (Å²) in [6.07, 6.45) is 0.328. The zero-order valence-corrected chi connectivity index (χ0v) is 14.7. The number of anilines is 1. The van der Waals surface area contributed by atoms with Gasteiger partial charge in [-0.25, -0.2) is 0 Å². The lowest BCUT2D eigenvalue weighted by Gasteiger charge is -2.06. The van der Waals surface area contributed by atoms with Crippen LogP contribution in [-0.4, -0.2) is 21.9 Å². The number of amides is 1. The van der Waals surface area contributed by atoms with Crippen LogP contribution in [0.3, 0.4) is 0 Å². The first kappa shape index (κ1) is 17.3. The average Bonchev–Trinajstić information content (AvgIpc) is 2.96. The van der Waals surface area contributed by atoms with E-state index in [4.69, 9.17) is 0 Å². The summed E-state index contributed by atoms with van der Waals surface area (Å²) in [5, 5.41) is 12.0. The molecule has 0 saturated heterocycles. The van der Waals surface area contributed by atoms with Crippen LogP contribution in [-0.2, 0) is 4.79 Å². The molecule has 1 N–H and O–H groups in total. The Morgan fingerprint density at radius 1 is 1.17 bits per heavy atom. The van der Waals surface area contributed by atoms with Crippen molar-refractivity contribution in [3.63, 3.8) is 0 Å². The highest BCUT2D eigenvalue weighted by Gasteiger charge is 2.14. The molecule has 1 aromatic heterocycles. The molecule has 0 fully saturated rings. The molecule has 122 valence electrons. The van der Waals surface area contributed by atoms with Gasteiger partial charge in [-0.3, -0.25) is 9.59 Å². The maximum atomic E-state index is 12.3. The lowest BCUT2D eigenvalue weighted by atomic mass is 9.99. The van der Waals surface area contributed by atoms with E-state index in [2.05, 4.69) is 15.5 Å². The number of aryl methyl sites for hydroxylation is 2. The van der Waals surface area contributed by atoms with Crippen molar-refractivity contribution in [1.82, 2.24) is 10.2 Å². The lowest BCUT2D eigenvalue weighted by Crippen LogP contribution is -2.13. The number of nitrogens with zero attached hydrogens (tertiary/aromatic N) is 2. The van der Waals surface area contributed by atoms with E-state index >= 15 is 0 Å². The molecule has 2 aromatic rings. The van der Waals surface area contributed by atoms with Crippen LogP contribution in [0, 0.1) is 13.8 Å². The summed E-state index contributed by atoms with van der Waals surface area (Å²) in [6, 6.07) is 5.77. The summed E-state index contributed by atoms with van der Waals surface area (Å²) in [5.74, 6) is 0.0561. The highest BCUT2D eigenvalue weighted by atomic mass is 32.1. The summed E-state index contributed by atoms with van der Waals surface area (Å²) >= 11 is 1.37. The van der Waals surface area contributed by atoms with Crippen molar-refractivity contribution in [3.8, 4) is 0 Å². The van der Waals surface area contributed by atoms with E-state index in [0.29, 0.717) is 10.7 Å². The Morgan fingerprint density at radius 2 is 1.91 bits per heavy atom. The summed E-state index contributed by atoms with van der Waals surface area (Å²) in [4.78, 5) is 24.2. The van der Waals surface area contributed by atoms with E-state index in [0.717, 1.165) is 16.1 Å². The minimum atomic E-state index is -0.213. The largest absolute Gasteiger partial charge is 0.301 e. The third-order valence-electron chi connectivity index (χ3n) is 3.45. The quantitative estimate of drug-likeness (QED) is 0.815. The van der Waals surface area contributed by atoms with Crippen LogP contribution in [0.1, 0.15) is 59.1 Å². The van der Waals surface area contributed by atoms with Crippen LogP contribution in [0.4, 0.5) is 5.13 Å². The highest BCUT2D eigenvalue weighted by Crippen LogP contribution is 2.22. The van der Waals surface area contributed by atoms with Crippen LogP contribution in [0.25, 0.3) is 0 Å². The summed E-state index contributed by atoms with van der Waals surface area (Å²) < 4.78 is 0. The molecule has 6 heteroatoms. The monoisotopic (exact) mass is 331 g/mol. The number of Topliss-reactive ketones (excluding diaryl/α,β-unsaturated/α-hetero) is 1. The van der Waals surface area contributed by atoms with Gasteiger partial charge in [0.2, 0.25) is 11.0 Å². The second kappa shape index (κ2) is 7.46. The highest BCUT2D eigenvalue weighted by molar-refractivity contribution is 7.15. The Labute approximate surface area is 140 Å². The fourth-order valence-electron chi connectivity index (χ4n) is 2.10. The smallest absolute Gasteiger partial charge is 0.226 e. The van der Waals surface area contributed by atoms with Gasteiger partial charge in [-0.2, -0.15) is 0 Å². The fraction of sp³-hybridized carbons (Fsp3) is 0.412. The van der Waals surface area contributed by atoms with E-state index in [1.165, 1.54) is 11.3 Å². The van der Waals surface area contributed by atoms with Gasteiger partial charge in [0.05, 0.1) is 0 Å². The van der Waals surface area contributed by atoms with E-state index in [1.54, 1.807) is 0 Å². The minimum absolute atomic E-state index is 0.0125. The van der Waals surface area contributed by atoms with Gasteiger partial charge in [0.15, 0.2) is 5.78 Å². The van der Waals surface area contributed by atoms with E-state index < -0.39 is 0 Å². The summed E-state index contributed by atoms with van der Waals surface area (Å²) in [5.41, 5.74) is 2.67. The summed E-state index contributed by atoms with van der Waals surface area (Å²) in [6.45, 7) is 7.90. The van der Waals surface area contributed by atoms with Gasteiger partial charge in [-0.1, -0.05) is 42.9 Å². The molecule has 5 nitrogen and oxygen atoms in total. The zero-order chi connectivity index (χ0) is 17.0. The van der Waals surface area contributed by atoms with Crippen LogP contribution >= 0.6 is 11.3 Å². The molecule has 0 unspecified atom stereocenters. The Balaban J connectivity index is 1.90.